The lowest BCUT2D eigenvalue weighted by molar-refractivity contribution is 0.623. The Labute approximate surface area is 158 Å². The van der Waals surface area contributed by atoms with Gasteiger partial charge in [-0.1, -0.05) is 41.9 Å². The molecule has 0 radical (unpaired) electrons. The molecule has 0 bridgehead atoms. The van der Waals surface area contributed by atoms with Crippen LogP contribution in [0.1, 0.15) is 0 Å². The van der Waals surface area contributed by atoms with Gasteiger partial charge in [-0.05, 0) is 47.9 Å². The molecule has 0 aliphatic heterocycles. The van der Waals surface area contributed by atoms with Gasteiger partial charge in [0.2, 0.25) is 5.89 Å². The Balaban J connectivity index is 1.76. The Hall–Kier alpha value is -3.30. The molecule has 2 heterocycles. The third-order valence-corrected chi connectivity index (χ3v) is 5.22. The van der Waals surface area contributed by atoms with Crippen molar-refractivity contribution in [2.45, 2.75) is 0 Å². The van der Waals surface area contributed by atoms with Gasteiger partial charge in [0.05, 0.1) is 0 Å². The molecule has 27 heavy (non-hydrogen) atoms. The van der Waals surface area contributed by atoms with Gasteiger partial charge in [-0.25, -0.2) is 4.98 Å². The molecule has 0 spiro atoms. The van der Waals surface area contributed by atoms with Crippen molar-refractivity contribution in [2.75, 3.05) is 0 Å². The van der Waals surface area contributed by atoms with Crippen molar-refractivity contribution in [1.82, 2.24) is 4.98 Å². The van der Waals surface area contributed by atoms with Crippen LogP contribution in [-0.4, -0.2) is 4.98 Å². The van der Waals surface area contributed by atoms with Crippen LogP contribution in [0.15, 0.2) is 81.6 Å². The van der Waals surface area contributed by atoms with Crippen molar-refractivity contribution in [3.63, 3.8) is 0 Å². The van der Waals surface area contributed by atoms with Crippen LogP contribution in [0.2, 0.25) is 5.02 Å². The number of aromatic nitrogens is 1. The van der Waals surface area contributed by atoms with Crippen LogP contribution in [0.4, 0.5) is 0 Å². The molecular formula is C23H12ClNO2. The molecule has 4 aromatic carbocycles. The van der Waals surface area contributed by atoms with Gasteiger partial charge in [-0.3, -0.25) is 0 Å². The molecule has 0 aliphatic rings. The minimum atomic E-state index is 0.582. The summed E-state index contributed by atoms with van der Waals surface area (Å²) in [4.78, 5) is 4.69. The van der Waals surface area contributed by atoms with Crippen molar-refractivity contribution in [1.29, 1.82) is 0 Å². The standard InChI is InChI=1S/C23H12ClNO2/c24-15-9-5-14(6-10-15)23-25-17-11-7-13-8-12-19-21(20(13)22(17)27-23)16-3-1-2-4-18(16)26-19/h1-12H. The Bertz CT molecular complexity index is 1480. The second-order valence-corrected chi connectivity index (χ2v) is 7.01. The summed E-state index contributed by atoms with van der Waals surface area (Å²) in [6.07, 6.45) is 0. The highest BCUT2D eigenvalue weighted by atomic mass is 35.5. The summed E-state index contributed by atoms with van der Waals surface area (Å²) in [6.45, 7) is 0. The predicted molar refractivity (Wildman–Crippen MR) is 109 cm³/mol. The molecule has 3 nitrogen and oxygen atoms in total. The molecule has 0 unspecified atom stereocenters. The first kappa shape index (κ1) is 14.8. The van der Waals surface area contributed by atoms with Gasteiger partial charge in [0.1, 0.15) is 16.7 Å². The summed E-state index contributed by atoms with van der Waals surface area (Å²) in [5, 5.41) is 4.96. The average molecular weight is 370 g/mol. The number of oxazole rings is 1. The highest BCUT2D eigenvalue weighted by Gasteiger charge is 2.16. The fourth-order valence-electron chi connectivity index (χ4n) is 3.72. The highest BCUT2D eigenvalue weighted by molar-refractivity contribution is 6.30. The number of furan rings is 1. The van der Waals surface area contributed by atoms with Gasteiger partial charge >= 0.3 is 0 Å². The van der Waals surface area contributed by atoms with Gasteiger partial charge in [-0.15, -0.1) is 0 Å². The normalized spacial score (nSPS) is 11.9. The topological polar surface area (TPSA) is 39.2 Å². The zero-order valence-electron chi connectivity index (χ0n) is 14.1. The highest BCUT2D eigenvalue weighted by Crippen LogP contribution is 2.39. The molecule has 128 valence electrons. The van der Waals surface area contributed by atoms with Crippen molar-refractivity contribution in [3.05, 3.63) is 77.8 Å². The summed E-state index contributed by atoms with van der Waals surface area (Å²) in [6, 6.07) is 23.7. The number of fused-ring (bicyclic) bond motifs is 7. The van der Waals surface area contributed by atoms with Crippen LogP contribution < -0.4 is 0 Å². The number of nitrogens with zero attached hydrogens (tertiary/aromatic N) is 1. The smallest absolute Gasteiger partial charge is 0.227 e. The quantitative estimate of drug-likeness (QED) is 0.307. The zero-order valence-corrected chi connectivity index (χ0v) is 14.8. The van der Waals surface area contributed by atoms with Crippen LogP contribution in [0.25, 0.3) is 55.3 Å². The second-order valence-electron chi connectivity index (χ2n) is 6.57. The predicted octanol–water partition coefficient (Wildman–Crippen LogP) is 7.20. The van der Waals surface area contributed by atoms with Crippen LogP contribution in [0, 0.1) is 0 Å². The SMILES string of the molecule is Clc1ccc(-c2nc3ccc4ccc5oc6ccccc6c5c4c3o2)cc1. The van der Waals surface area contributed by atoms with Crippen LogP contribution in [-0.2, 0) is 0 Å². The first-order chi connectivity index (χ1) is 13.3. The lowest BCUT2D eigenvalue weighted by Crippen LogP contribution is -1.77. The van der Waals surface area contributed by atoms with Crippen molar-refractivity contribution in [3.8, 4) is 11.5 Å². The Morgan fingerprint density at radius 1 is 0.704 bits per heavy atom. The molecule has 0 saturated carbocycles. The maximum absolute atomic E-state index is 6.24. The Kier molecular flexibility index (Phi) is 2.94. The van der Waals surface area contributed by atoms with Crippen LogP contribution in [0.5, 0.6) is 0 Å². The number of halogens is 1. The van der Waals surface area contributed by atoms with Crippen molar-refractivity contribution >= 4 is 55.4 Å². The first-order valence-electron chi connectivity index (χ1n) is 8.67. The summed E-state index contributed by atoms with van der Waals surface area (Å²) in [5.74, 6) is 0.582. The maximum Gasteiger partial charge on any atom is 0.227 e. The number of hydrogen-bond donors (Lipinski definition) is 0. The molecule has 0 saturated heterocycles. The summed E-state index contributed by atoms with van der Waals surface area (Å²) in [7, 11) is 0. The van der Waals surface area contributed by atoms with Gasteiger partial charge in [0.25, 0.3) is 0 Å². The van der Waals surface area contributed by atoms with Crippen LogP contribution in [0.3, 0.4) is 0 Å². The fourth-order valence-corrected chi connectivity index (χ4v) is 3.85. The Morgan fingerprint density at radius 2 is 1.52 bits per heavy atom. The van der Waals surface area contributed by atoms with Gasteiger partial charge in [-0.2, -0.15) is 0 Å². The molecule has 2 aromatic heterocycles. The molecule has 0 N–H and O–H groups in total. The minimum Gasteiger partial charge on any atom is -0.456 e. The van der Waals surface area contributed by atoms with E-state index in [1.54, 1.807) is 0 Å². The van der Waals surface area contributed by atoms with E-state index in [9.17, 15) is 0 Å². The number of hydrogen-bond acceptors (Lipinski definition) is 3. The van der Waals surface area contributed by atoms with E-state index in [1.807, 2.05) is 54.6 Å². The third-order valence-electron chi connectivity index (χ3n) is 4.97. The van der Waals surface area contributed by atoms with E-state index in [-0.39, 0.29) is 0 Å². The van der Waals surface area contributed by atoms with E-state index in [1.165, 1.54) is 0 Å². The molecule has 0 aliphatic carbocycles. The van der Waals surface area contributed by atoms with E-state index < -0.39 is 0 Å². The van der Waals surface area contributed by atoms with E-state index in [2.05, 4.69) is 18.2 Å². The van der Waals surface area contributed by atoms with Crippen molar-refractivity contribution in [2.24, 2.45) is 0 Å². The zero-order chi connectivity index (χ0) is 18.0. The number of benzene rings is 4. The molecule has 6 rings (SSSR count). The summed E-state index contributed by atoms with van der Waals surface area (Å²) in [5.41, 5.74) is 4.21. The number of para-hydroxylation sites is 1. The molecule has 6 aromatic rings. The lowest BCUT2D eigenvalue weighted by Gasteiger charge is -2.00. The summed E-state index contributed by atoms with van der Waals surface area (Å²) >= 11 is 6.00. The van der Waals surface area contributed by atoms with Crippen molar-refractivity contribution < 1.29 is 8.83 Å². The average Bonchev–Trinajstić information content (AvgIpc) is 3.29. The van der Waals surface area contributed by atoms with Gasteiger partial charge < -0.3 is 8.83 Å². The minimum absolute atomic E-state index is 0.582. The molecule has 0 amide bonds. The molecule has 4 heteroatoms. The molecular weight excluding hydrogens is 358 g/mol. The van der Waals surface area contributed by atoms with E-state index >= 15 is 0 Å². The summed E-state index contributed by atoms with van der Waals surface area (Å²) < 4.78 is 12.3. The molecule has 0 fully saturated rings. The fraction of sp³-hybridized carbons (Fsp3) is 0. The van der Waals surface area contributed by atoms with E-state index in [4.69, 9.17) is 25.4 Å². The number of rotatable bonds is 1. The van der Waals surface area contributed by atoms with Gasteiger partial charge in [0.15, 0.2) is 5.58 Å². The first-order valence-corrected chi connectivity index (χ1v) is 9.05. The Morgan fingerprint density at radius 3 is 2.41 bits per heavy atom. The van der Waals surface area contributed by atoms with E-state index in [0.29, 0.717) is 10.9 Å². The third kappa shape index (κ3) is 2.12. The van der Waals surface area contributed by atoms with Gasteiger partial charge in [0, 0.05) is 26.7 Å². The molecule has 0 atom stereocenters. The largest absolute Gasteiger partial charge is 0.456 e. The second kappa shape index (κ2) is 5.35. The monoisotopic (exact) mass is 369 g/mol. The lowest BCUT2D eigenvalue weighted by atomic mass is 10.0. The van der Waals surface area contributed by atoms with Crippen LogP contribution >= 0.6 is 11.6 Å². The van der Waals surface area contributed by atoms with E-state index in [0.717, 1.165) is 49.4 Å². The maximum atomic E-state index is 6.24.